The van der Waals surface area contributed by atoms with Gasteiger partial charge in [0.1, 0.15) is 6.04 Å². The van der Waals surface area contributed by atoms with Crippen LogP contribution in [0.3, 0.4) is 0 Å². The van der Waals surface area contributed by atoms with E-state index < -0.39 is 12.0 Å². The van der Waals surface area contributed by atoms with Crippen LogP contribution in [0.2, 0.25) is 0 Å². The highest BCUT2D eigenvalue weighted by molar-refractivity contribution is 5.74. The first kappa shape index (κ1) is 20.6. The van der Waals surface area contributed by atoms with Crippen molar-refractivity contribution in [1.82, 2.24) is 15.6 Å². The summed E-state index contributed by atoms with van der Waals surface area (Å²) < 4.78 is 0. The molecule has 0 bridgehead atoms. The Morgan fingerprint density at radius 2 is 1.88 bits per heavy atom. The van der Waals surface area contributed by atoms with Crippen LogP contribution in [-0.2, 0) is 11.3 Å². The predicted molar refractivity (Wildman–Crippen MR) is 98.0 cm³/mol. The first-order chi connectivity index (χ1) is 11.0. The minimum atomic E-state index is -0.787. The van der Waals surface area contributed by atoms with Crippen LogP contribution in [0.15, 0.2) is 18.2 Å². The summed E-state index contributed by atoms with van der Waals surface area (Å²) in [6, 6.07) is 5.39. The first-order valence-corrected chi connectivity index (χ1v) is 8.61. The van der Waals surface area contributed by atoms with E-state index in [0.717, 1.165) is 17.8 Å². The molecule has 3 N–H and O–H groups in total. The number of carboxylic acids is 1. The van der Waals surface area contributed by atoms with Crippen molar-refractivity contribution in [2.75, 3.05) is 13.1 Å². The second-order valence-corrected chi connectivity index (χ2v) is 8.40. The normalized spacial score (nSPS) is 13.8. The summed E-state index contributed by atoms with van der Waals surface area (Å²) in [6.07, 6.45) is 0.838. The molecule has 1 aromatic heterocycles. The Hall–Kier alpha value is -1.46. The summed E-state index contributed by atoms with van der Waals surface area (Å²) >= 11 is 0. The first-order valence-electron chi connectivity index (χ1n) is 8.61. The van der Waals surface area contributed by atoms with E-state index in [1.165, 1.54) is 0 Å². The van der Waals surface area contributed by atoms with Crippen molar-refractivity contribution in [2.24, 2.45) is 10.8 Å². The molecule has 0 radical (unpaired) electrons. The van der Waals surface area contributed by atoms with Gasteiger partial charge in [0.2, 0.25) is 0 Å². The smallest absolute Gasteiger partial charge is 0.321 e. The molecule has 0 saturated carbocycles. The Labute approximate surface area is 146 Å². The summed E-state index contributed by atoms with van der Waals surface area (Å²) in [4.78, 5) is 16.1. The number of nitrogens with one attached hydrogen (secondary N) is 2. The van der Waals surface area contributed by atoms with Gasteiger partial charge >= 0.3 is 5.97 Å². The molecule has 0 fully saturated rings. The van der Waals surface area contributed by atoms with Gasteiger partial charge in [-0.25, -0.2) is 0 Å². The molecule has 0 spiro atoms. The molecule has 24 heavy (non-hydrogen) atoms. The molecule has 0 aliphatic carbocycles. The summed E-state index contributed by atoms with van der Waals surface area (Å²) in [5.74, 6) is -0.787. The third kappa shape index (κ3) is 7.41. The predicted octanol–water partition coefficient (Wildman–Crippen LogP) is 2.98. The number of pyridine rings is 1. The number of carbonyl (C=O) groups is 1. The summed E-state index contributed by atoms with van der Waals surface area (Å²) in [7, 11) is 0. The van der Waals surface area contributed by atoms with Gasteiger partial charge < -0.3 is 15.7 Å². The Kier molecular flexibility index (Phi) is 7.36. The highest BCUT2D eigenvalue weighted by atomic mass is 16.4. The molecule has 0 unspecified atom stereocenters. The highest BCUT2D eigenvalue weighted by Gasteiger charge is 2.37. The van der Waals surface area contributed by atoms with Crippen molar-refractivity contribution >= 4 is 5.97 Å². The minimum absolute atomic E-state index is 0.0912. The molecular formula is C19H33N3O2. The van der Waals surface area contributed by atoms with Crippen molar-refractivity contribution in [3.63, 3.8) is 0 Å². The lowest BCUT2D eigenvalue weighted by Gasteiger charge is -2.37. The van der Waals surface area contributed by atoms with Gasteiger partial charge in [-0.1, -0.05) is 40.7 Å². The van der Waals surface area contributed by atoms with E-state index in [4.69, 9.17) is 0 Å². The highest BCUT2D eigenvalue weighted by Crippen LogP contribution is 2.35. The van der Waals surface area contributed by atoms with E-state index >= 15 is 0 Å². The molecule has 1 atom stereocenters. The largest absolute Gasteiger partial charge is 0.480 e. The van der Waals surface area contributed by atoms with Crippen molar-refractivity contribution in [2.45, 2.75) is 60.5 Å². The SMILES string of the molecule is Cc1cccc(CNCCN[C@H](C(=O)O)C(C)(C)CC(C)(C)C)n1. The summed E-state index contributed by atoms with van der Waals surface area (Å²) in [6.45, 7) is 14.4. The van der Waals surface area contributed by atoms with E-state index in [0.29, 0.717) is 19.6 Å². The lowest BCUT2D eigenvalue weighted by atomic mass is 9.72. The molecule has 5 heteroatoms. The average Bonchev–Trinajstić information content (AvgIpc) is 2.39. The number of carboxylic acid groups (broad SMARTS) is 1. The van der Waals surface area contributed by atoms with Crippen LogP contribution < -0.4 is 10.6 Å². The fraction of sp³-hybridized carbons (Fsp3) is 0.684. The van der Waals surface area contributed by atoms with Gasteiger partial charge in [0, 0.05) is 25.3 Å². The molecule has 136 valence electrons. The van der Waals surface area contributed by atoms with Crippen LogP contribution in [0.1, 0.15) is 52.4 Å². The number of aryl methyl sites for hydroxylation is 1. The third-order valence-corrected chi connectivity index (χ3v) is 3.92. The maximum absolute atomic E-state index is 11.7. The van der Waals surface area contributed by atoms with Crippen LogP contribution in [0.5, 0.6) is 0 Å². The van der Waals surface area contributed by atoms with Crippen LogP contribution in [0.4, 0.5) is 0 Å². The zero-order valence-corrected chi connectivity index (χ0v) is 15.9. The fourth-order valence-electron chi connectivity index (χ4n) is 3.39. The maximum atomic E-state index is 11.7. The molecule has 0 saturated heterocycles. The molecule has 1 heterocycles. The number of hydrogen-bond acceptors (Lipinski definition) is 4. The number of aromatic nitrogens is 1. The molecule has 5 nitrogen and oxygen atoms in total. The van der Waals surface area contributed by atoms with Gasteiger partial charge in [-0.15, -0.1) is 0 Å². The van der Waals surface area contributed by atoms with E-state index in [-0.39, 0.29) is 10.8 Å². The van der Waals surface area contributed by atoms with E-state index in [9.17, 15) is 9.90 Å². The van der Waals surface area contributed by atoms with Gasteiger partial charge in [-0.2, -0.15) is 0 Å². The minimum Gasteiger partial charge on any atom is -0.480 e. The third-order valence-electron chi connectivity index (χ3n) is 3.92. The van der Waals surface area contributed by atoms with Crippen LogP contribution in [-0.4, -0.2) is 35.2 Å². The number of nitrogens with zero attached hydrogens (tertiary/aromatic N) is 1. The van der Waals surface area contributed by atoms with E-state index in [1.807, 2.05) is 39.0 Å². The molecule has 0 amide bonds. The Balaban J connectivity index is 2.45. The van der Waals surface area contributed by atoms with Crippen molar-refractivity contribution < 1.29 is 9.90 Å². The molecule has 0 aliphatic heterocycles. The zero-order chi connectivity index (χ0) is 18.4. The van der Waals surface area contributed by atoms with Gasteiger partial charge in [-0.3, -0.25) is 9.78 Å². The summed E-state index contributed by atoms with van der Waals surface area (Å²) in [5, 5.41) is 16.1. The molecule has 1 rings (SSSR count). The molecule has 0 aromatic carbocycles. The van der Waals surface area contributed by atoms with Gasteiger partial charge in [0.25, 0.3) is 0 Å². The lowest BCUT2D eigenvalue weighted by Crippen LogP contribution is -2.50. The quantitative estimate of drug-likeness (QED) is 0.605. The van der Waals surface area contributed by atoms with Crippen molar-refractivity contribution in [1.29, 1.82) is 0 Å². The maximum Gasteiger partial charge on any atom is 0.321 e. The van der Waals surface area contributed by atoms with E-state index in [2.05, 4.69) is 36.4 Å². The zero-order valence-electron chi connectivity index (χ0n) is 15.9. The molecule has 0 aliphatic rings. The average molecular weight is 335 g/mol. The molecule has 1 aromatic rings. The van der Waals surface area contributed by atoms with Crippen LogP contribution >= 0.6 is 0 Å². The second-order valence-electron chi connectivity index (χ2n) is 8.40. The monoisotopic (exact) mass is 335 g/mol. The second kappa shape index (κ2) is 8.58. The number of aliphatic carboxylic acids is 1. The van der Waals surface area contributed by atoms with Crippen molar-refractivity contribution in [3.8, 4) is 0 Å². The van der Waals surface area contributed by atoms with Crippen LogP contribution in [0.25, 0.3) is 0 Å². The van der Waals surface area contributed by atoms with Gasteiger partial charge in [-0.05, 0) is 36.3 Å². The Bertz CT molecular complexity index is 536. The number of hydrogen-bond donors (Lipinski definition) is 3. The van der Waals surface area contributed by atoms with Gasteiger partial charge in [0.15, 0.2) is 0 Å². The Morgan fingerprint density at radius 3 is 2.42 bits per heavy atom. The standard InChI is InChI=1S/C19H33N3O2/c1-14-8-7-9-15(22-14)12-20-10-11-21-16(17(23)24)19(5,6)13-18(2,3)4/h7-9,16,20-21H,10-13H2,1-6H3,(H,23,24)/t16-/m1/s1. The fourth-order valence-corrected chi connectivity index (χ4v) is 3.39. The van der Waals surface area contributed by atoms with Crippen LogP contribution in [0, 0.1) is 17.8 Å². The van der Waals surface area contributed by atoms with E-state index in [1.54, 1.807) is 0 Å². The Morgan fingerprint density at radius 1 is 1.21 bits per heavy atom. The summed E-state index contributed by atoms with van der Waals surface area (Å²) in [5.41, 5.74) is 1.77. The van der Waals surface area contributed by atoms with Gasteiger partial charge in [0.05, 0.1) is 5.69 Å². The number of rotatable bonds is 9. The lowest BCUT2D eigenvalue weighted by molar-refractivity contribution is -0.143. The molecular weight excluding hydrogens is 302 g/mol. The van der Waals surface area contributed by atoms with Crippen molar-refractivity contribution in [3.05, 3.63) is 29.6 Å². The topological polar surface area (TPSA) is 74.2 Å².